The quantitative estimate of drug-likeness (QED) is 0.596. The number of aryl methyl sites for hydroxylation is 1. The Morgan fingerprint density at radius 2 is 1.86 bits per heavy atom. The standard InChI is InChI=1S/C23H27ClN4O/c1-16(2)27(14-19-9-8-10-20(24)13-19)15-22(29)25-23-17(3)26-28(18(23)4)21-11-6-5-7-12-21/h5-13,16H,14-15H2,1-4H3,(H,25,29). The van der Waals surface area contributed by atoms with Crippen molar-refractivity contribution in [2.75, 3.05) is 11.9 Å². The van der Waals surface area contributed by atoms with Crippen LogP contribution in [0, 0.1) is 13.8 Å². The summed E-state index contributed by atoms with van der Waals surface area (Å²) in [6.45, 7) is 9.00. The van der Waals surface area contributed by atoms with Crippen molar-refractivity contribution in [3.63, 3.8) is 0 Å². The summed E-state index contributed by atoms with van der Waals surface area (Å²) in [5, 5.41) is 8.36. The van der Waals surface area contributed by atoms with E-state index in [1.165, 1.54) is 0 Å². The van der Waals surface area contributed by atoms with E-state index in [-0.39, 0.29) is 11.9 Å². The van der Waals surface area contributed by atoms with E-state index in [9.17, 15) is 4.79 Å². The average molecular weight is 411 g/mol. The fourth-order valence-corrected chi connectivity index (χ4v) is 3.51. The number of benzene rings is 2. The zero-order valence-electron chi connectivity index (χ0n) is 17.3. The van der Waals surface area contributed by atoms with Crippen LogP contribution in [0.5, 0.6) is 0 Å². The number of anilines is 1. The second-order valence-electron chi connectivity index (χ2n) is 7.47. The summed E-state index contributed by atoms with van der Waals surface area (Å²) >= 11 is 6.10. The van der Waals surface area contributed by atoms with Crippen molar-refractivity contribution in [3.8, 4) is 5.69 Å². The van der Waals surface area contributed by atoms with E-state index in [0.717, 1.165) is 28.3 Å². The molecule has 1 N–H and O–H groups in total. The molecule has 2 aromatic carbocycles. The molecular formula is C23H27ClN4O. The molecule has 5 nitrogen and oxygen atoms in total. The lowest BCUT2D eigenvalue weighted by Gasteiger charge is -2.26. The summed E-state index contributed by atoms with van der Waals surface area (Å²) in [7, 11) is 0. The van der Waals surface area contributed by atoms with Gasteiger partial charge in [0, 0.05) is 17.6 Å². The number of carbonyl (C=O) groups is 1. The molecule has 0 radical (unpaired) electrons. The van der Waals surface area contributed by atoms with E-state index >= 15 is 0 Å². The first kappa shape index (κ1) is 21.1. The molecule has 0 aliphatic rings. The molecule has 1 heterocycles. The fourth-order valence-electron chi connectivity index (χ4n) is 3.30. The number of nitrogens with zero attached hydrogens (tertiary/aromatic N) is 3. The number of amides is 1. The van der Waals surface area contributed by atoms with Gasteiger partial charge in [0.1, 0.15) is 0 Å². The molecule has 0 fully saturated rings. The molecule has 152 valence electrons. The predicted molar refractivity (Wildman–Crippen MR) is 119 cm³/mol. The molecule has 0 bridgehead atoms. The van der Waals surface area contributed by atoms with Crippen LogP contribution in [0.25, 0.3) is 5.69 Å². The summed E-state index contributed by atoms with van der Waals surface area (Å²) in [4.78, 5) is 14.9. The van der Waals surface area contributed by atoms with Gasteiger partial charge < -0.3 is 5.32 Å². The zero-order chi connectivity index (χ0) is 21.0. The molecule has 6 heteroatoms. The Bertz CT molecular complexity index is 982. The summed E-state index contributed by atoms with van der Waals surface area (Å²) in [5.74, 6) is -0.0560. The third-order valence-electron chi connectivity index (χ3n) is 4.91. The molecule has 0 saturated carbocycles. The van der Waals surface area contributed by atoms with Gasteiger partial charge in [-0.05, 0) is 57.5 Å². The van der Waals surface area contributed by atoms with Crippen LogP contribution in [-0.2, 0) is 11.3 Å². The third-order valence-corrected chi connectivity index (χ3v) is 5.14. The molecule has 0 aliphatic heterocycles. The Kier molecular flexibility index (Phi) is 6.72. The molecule has 1 aromatic heterocycles. The molecule has 0 spiro atoms. The lowest BCUT2D eigenvalue weighted by molar-refractivity contribution is -0.117. The Morgan fingerprint density at radius 3 is 2.52 bits per heavy atom. The first-order valence-electron chi connectivity index (χ1n) is 9.75. The van der Waals surface area contributed by atoms with Crippen molar-refractivity contribution in [1.29, 1.82) is 0 Å². The third kappa shape index (κ3) is 5.25. The van der Waals surface area contributed by atoms with Crippen molar-refractivity contribution in [2.45, 2.75) is 40.3 Å². The van der Waals surface area contributed by atoms with Gasteiger partial charge in [-0.15, -0.1) is 0 Å². The summed E-state index contributed by atoms with van der Waals surface area (Å²) in [5.41, 5.74) is 4.53. The van der Waals surface area contributed by atoms with Gasteiger partial charge >= 0.3 is 0 Å². The number of aromatic nitrogens is 2. The van der Waals surface area contributed by atoms with Gasteiger partial charge in [-0.3, -0.25) is 9.69 Å². The zero-order valence-corrected chi connectivity index (χ0v) is 18.1. The van der Waals surface area contributed by atoms with Crippen LogP contribution in [0.3, 0.4) is 0 Å². The monoisotopic (exact) mass is 410 g/mol. The van der Waals surface area contributed by atoms with Crippen LogP contribution in [0.4, 0.5) is 5.69 Å². The van der Waals surface area contributed by atoms with Crippen molar-refractivity contribution in [1.82, 2.24) is 14.7 Å². The lowest BCUT2D eigenvalue weighted by Crippen LogP contribution is -2.37. The van der Waals surface area contributed by atoms with Crippen molar-refractivity contribution < 1.29 is 4.79 Å². The van der Waals surface area contributed by atoms with Gasteiger partial charge in [0.15, 0.2) is 0 Å². The van der Waals surface area contributed by atoms with Gasteiger partial charge in [0.05, 0.1) is 29.3 Å². The minimum Gasteiger partial charge on any atom is -0.322 e. The Hall–Kier alpha value is -2.63. The number of halogens is 1. The van der Waals surface area contributed by atoms with Crippen molar-refractivity contribution in [3.05, 3.63) is 76.6 Å². The smallest absolute Gasteiger partial charge is 0.238 e. The number of hydrogen-bond acceptors (Lipinski definition) is 3. The number of carbonyl (C=O) groups excluding carboxylic acids is 1. The normalized spacial score (nSPS) is 11.3. The van der Waals surface area contributed by atoms with Crippen LogP contribution in [0.2, 0.25) is 5.02 Å². The van der Waals surface area contributed by atoms with E-state index in [4.69, 9.17) is 11.6 Å². The molecule has 0 aliphatic carbocycles. The van der Waals surface area contributed by atoms with Crippen LogP contribution in [0.15, 0.2) is 54.6 Å². The number of hydrogen-bond donors (Lipinski definition) is 1. The van der Waals surface area contributed by atoms with Crippen molar-refractivity contribution in [2.24, 2.45) is 0 Å². The second-order valence-corrected chi connectivity index (χ2v) is 7.91. The first-order chi connectivity index (χ1) is 13.8. The summed E-state index contributed by atoms with van der Waals surface area (Å²) in [6.07, 6.45) is 0. The molecule has 29 heavy (non-hydrogen) atoms. The van der Waals surface area contributed by atoms with E-state index in [1.54, 1.807) is 0 Å². The maximum Gasteiger partial charge on any atom is 0.238 e. The molecule has 3 rings (SSSR count). The van der Waals surface area contributed by atoms with Gasteiger partial charge in [-0.1, -0.05) is 41.9 Å². The molecule has 0 unspecified atom stereocenters. The van der Waals surface area contributed by atoms with Crippen LogP contribution in [0.1, 0.15) is 30.8 Å². The van der Waals surface area contributed by atoms with E-state index in [1.807, 2.05) is 73.1 Å². The van der Waals surface area contributed by atoms with Gasteiger partial charge in [0.25, 0.3) is 0 Å². The van der Waals surface area contributed by atoms with Gasteiger partial charge in [-0.2, -0.15) is 5.10 Å². The summed E-state index contributed by atoms with van der Waals surface area (Å²) in [6, 6.07) is 17.9. The number of rotatable bonds is 7. The largest absolute Gasteiger partial charge is 0.322 e. The highest BCUT2D eigenvalue weighted by Crippen LogP contribution is 2.23. The van der Waals surface area contributed by atoms with E-state index in [0.29, 0.717) is 18.1 Å². The Balaban J connectivity index is 1.73. The van der Waals surface area contributed by atoms with E-state index < -0.39 is 0 Å². The summed E-state index contributed by atoms with van der Waals surface area (Å²) < 4.78 is 1.86. The lowest BCUT2D eigenvalue weighted by atomic mass is 10.2. The highest BCUT2D eigenvalue weighted by Gasteiger charge is 2.19. The SMILES string of the molecule is Cc1nn(-c2ccccc2)c(C)c1NC(=O)CN(Cc1cccc(Cl)c1)C(C)C. The van der Waals surface area contributed by atoms with Crippen LogP contribution < -0.4 is 5.32 Å². The molecule has 3 aromatic rings. The minimum absolute atomic E-state index is 0.0560. The fraction of sp³-hybridized carbons (Fsp3) is 0.304. The average Bonchev–Trinajstić information content (AvgIpc) is 2.96. The molecule has 0 atom stereocenters. The minimum atomic E-state index is -0.0560. The Labute approximate surface area is 177 Å². The number of nitrogens with one attached hydrogen (secondary N) is 1. The van der Waals surface area contributed by atoms with Gasteiger partial charge in [-0.25, -0.2) is 4.68 Å². The Morgan fingerprint density at radius 1 is 1.14 bits per heavy atom. The maximum atomic E-state index is 12.8. The van der Waals surface area contributed by atoms with Crippen molar-refractivity contribution >= 4 is 23.2 Å². The van der Waals surface area contributed by atoms with Crippen LogP contribution in [-0.4, -0.2) is 33.2 Å². The molecule has 0 saturated heterocycles. The van der Waals surface area contributed by atoms with Crippen LogP contribution >= 0.6 is 11.6 Å². The topological polar surface area (TPSA) is 50.2 Å². The first-order valence-corrected chi connectivity index (χ1v) is 10.1. The predicted octanol–water partition coefficient (Wildman–Crippen LogP) is 4.99. The van der Waals surface area contributed by atoms with Gasteiger partial charge in [0.2, 0.25) is 5.91 Å². The molecular weight excluding hydrogens is 384 g/mol. The maximum absolute atomic E-state index is 12.8. The highest BCUT2D eigenvalue weighted by atomic mass is 35.5. The number of para-hydroxylation sites is 1. The molecule has 1 amide bonds. The highest BCUT2D eigenvalue weighted by molar-refractivity contribution is 6.30. The van der Waals surface area contributed by atoms with E-state index in [2.05, 4.69) is 29.2 Å². The second kappa shape index (κ2) is 9.25.